The summed E-state index contributed by atoms with van der Waals surface area (Å²) >= 11 is 3.23. The van der Waals surface area contributed by atoms with Crippen molar-refractivity contribution in [2.24, 2.45) is 0 Å². The quantitative estimate of drug-likeness (QED) is 0.926. The van der Waals surface area contributed by atoms with Crippen LogP contribution in [-0.4, -0.2) is 9.97 Å². The number of benzene rings is 1. The fourth-order valence-electron chi connectivity index (χ4n) is 1.89. The fourth-order valence-corrected chi connectivity index (χ4v) is 2.36. The molecule has 3 nitrogen and oxygen atoms in total. The van der Waals surface area contributed by atoms with Gasteiger partial charge in [-0.2, -0.15) is 0 Å². The van der Waals surface area contributed by atoms with Gasteiger partial charge < -0.3 is 4.98 Å². The molecule has 1 aliphatic rings. The Bertz CT molecular complexity index is 644. The Balaban J connectivity index is 2.12. The van der Waals surface area contributed by atoms with E-state index in [9.17, 15) is 9.18 Å². The van der Waals surface area contributed by atoms with Crippen LogP contribution in [0.15, 0.2) is 33.5 Å². The van der Waals surface area contributed by atoms with Crippen molar-refractivity contribution in [1.29, 1.82) is 0 Å². The Morgan fingerprint density at radius 1 is 1.28 bits per heavy atom. The van der Waals surface area contributed by atoms with Crippen molar-refractivity contribution >= 4 is 15.9 Å². The van der Waals surface area contributed by atoms with Crippen LogP contribution in [0.3, 0.4) is 0 Å². The highest BCUT2D eigenvalue weighted by molar-refractivity contribution is 9.10. The van der Waals surface area contributed by atoms with Gasteiger partial charge in [-0.05, 0) is 31.0 Å². The summed E-state index contributed by atoms with van der Waals surface area (Å²) in [6.07, 6.45) is 2.14. The van der Waals surface area contributed by atoms with E-state index >= 15 is 0 Å². The van der Waals surface area contributed by atoms with Crippen molar-refractivity contribution in [3.05, 3.63) is 50.6 Å². The molecule has 0 bridgehead atoms. The molecule has 0 amide bonds. The molecular formula is C13H10BrFN2O. The van der Waals surface area contributed by atoms with Crippen LogP contribution in [0.2, 0.25) is 0 Å². The summed E-state index contributed by atoms with van der Waals surface area (Å²) in [5.41, 5.74) is 1.18. The Labute approximate surface area is 111 Å². The van der Waals surface area contributed by atoms with Gasteiger partial charge in [0.25, 0.3) is 5.56 Å². The van der Waals surface area contributed by atoms with E-state index in [4.69, 9.17) is 0 Å². The molecule has 2 aromatic rings. The summed E-state index contributed by atoms with van der Waals surface area (Å²) in [6.45, 7) is 0. The zero-order valence-corrected chi connectivity index (χ0v) is 11.0. The molecule has 0 unspecified atom stereocenters. The Morgan fingerprint density at radius 3 is 2.72 bits per heavy atom. The molecule has 1 N–H and O–H groups in total. The SMILES string of the molecule is O=c1cc(C2CC2)nc(-c2cc(F)cc(Br)c2)[nH]1. The topological polar surface area (TPSA) is 45.8 Å². The third kappa shape index (κ3) is 2.36. The first-order chi connectivity index (χ1) is 8.61. The largest absolute Gasteiger partial charge is 0.307 e. The van der Waals surface area contributed by atoms with Gasteiger partial charge in [-0.25, -0.2) is 9.37 Å². The molecule has 1 aliphatic carbocycles. The Hall–Kier alpha value is -1.49. The van der Waals surface area contributed by atoms with E-state index in [0.29, 0.717) is 21.8 Å². The number of H-pyrrole nitrogens is 1. The normalized spacial score (nSPS) is 14.8. The third-order valence-electron chi connectivity index (χ3n) is 2.89. The van der Waals surface area contributed by atoms with Gasteiger partial charge in [0.2, 0.25) is 0 Å². The van der Waals surface area contributed by atoms with E-state index in [1.807, 2.05) is 0 Å². The van der Waals surface area contributed by atoms with Gasteiger partial charge in [0.05, 0.1) is 5.69 Å². The van der Waals surface area contributed by atoms with Gasteiger partial charge >= 0.3 is 0 Å². The van der Waals surface area contributed by atoms with E-state index in [-0.39, 0.29) is 11.4 Å². The van der Waals surface area contributed by atoms with Gasteiger partial charge in [-0.3, -0.25) is 4.79 Å². The summed E-state index contributed by atoms with van der Waals surface area (Å²) in [6, 6.07) is 5.99. The van der Waals surface area contributed by atoms with E-state index < -0.39 is 0 Å². The molecule has 1 saturated carbocycles. The zero-order chi connectivity index (χ0) is 12.7. The maximum absolute atomic E-state index is 13.3. The number of hydrogen-bond donors (Lipinski definition) is 1. The monoisotopic (exact) mass is 308 g/mol. The van der Waals surface area contributed by atoms with E-state index in [2.05, 4.69) is 25.9 Å². The Kier molecular flexibility index (Phi) is 2.78. The number of aromatic amines is 1. The van der Waals surface area contributed by atoms with Gasteiger partial charge in [-0.15, -0.1) is 0 Å². The van der Waals surface area contributed by atoms with Crippen molar-refractivity contribution < 1.29 is 4.39 Å². The minimum absolute atomic E-state index is 0.192. The highest BCUT2D eigenvalue weighted by atomic mass is 79.9. The number of hydrogen-bond acceptors (Lipinski definition) is 2. The summed E-state index contributed by atoms with van der Waals surface area (Å²) < 4.78 is 14.0. The number of nitrogens with one attached hydrogen (secondary N) is 1. The first-order valence-corrected chi connectivity index (χ1v) is 6.49. The molecule has 18 heavy (non-hydrogen) atoms. The van der Waals surface area contributed by atoms with Crippen LogP contribution in [0, 0.1) is 5.82 Å². The van der Waals surface area contributed by atoms with Gasteiger partial charge in [-0.1, -0.05) is 15.9 Å². The minimum Gasteiger partial charge on any atom is -0.307 e. The molecule has 3 rings (SSSR count). The average Bonchev–Trinajstić information content (AvgIpc) is 3.10. The summed E-state index contributed by atoms with van der Waals surface area (Å²) in [4.78, 5) is 18.6. The first kappa shape index (κ1) is 11.6. The van der Waals surface area contributed by atoms with Crippen LogP contribution in [0.1, 0.15) is 24.5 Å². The second-order valence-corrected chi connectivity index (χ2v) is 5.37. The lowest BCUT2D eigenvalue weighted by molar-refractivity contribution is 0.627. The Morgan fingerprint density at radius 2 is 2.06 bits per heavy atom. The van der Waals surface area contributed by atoms with Gasteiger partial charge in [0.1, 0.15) is 11.6 Å². The second-order valence-electron chi connectivity index (χ2n) is 4.45. The minimum atomic E-state index is -0.362. The summed E-state index contributed by atoms with van der Waals surface area (Å²) in [5, 5.41) is 0. The number of rotatable bonds is 2. The number of aromatic nitrogens is 2. The first-order valence-electron chi connectivity index (χ1n) is 5.69. The van der Waals surface area contributed by atoms with Crippen LogP contribution < -0.4 is 5.56 Å². The van der Waals surface area contributed by atoms with Crippen molar-refractivity contribution in [3.63, 3.8) is 0 Å². The summed E-state index contributed by atoms with van der Waals surface area (Å²) in [5.74, 6) is 0.450. The van der Waals surface area contributed by atoms with Gasteiger partial charge in [0, 0.05) is 22.0 Å². The molecule has 5 heteroatoms. The maximum atomic E-state index is 13.3. The highest BCUT2D eigenvalue weighted by Gasteiger charge is 2.26. The maximum Gasteiger partial charge on any atom is 0.251 e. The van der Waals surface area contributed by atoms with E-state index in [1.165, 1.54) is 18.2 Å². The molecule has 0 radical (unpaired) electrons. The predicted molar refractivity (Wildman–Crippen MR) is 69.9 cm³/mol. The lowest BCUT2D eigenvalue weighted by atomic mass is 10.2. The molecule has 1 heterocycles. The lowest BCUT2D eigenvalue weighted by Gasteiger charge is -2.04. The molecule has 1 aromatic heterocycles. The molecule has 1 fully saturated rings. The van der Waals surface area contributed by atoms with Crippen molar-refractivity contribution in [2.45, 2.75) is 18.8 Å². The second kappa shape index (κ2) is 4.31. The molecule has 0 spiro atoms. The van der Waals surface area contributed by atoms with E-state index in [1.54, 1.807) is 6.07 Å². The fraction of sp³-hybridized carbons (Fsp3) is 0.231. The predicted octanol–water partition coefficient (Wildman–Crippen LogP) is 3.22. The standard InChI is InChI=1S/C13H10BrFN2O/c14-9-3-8(4-10(15)5-9)13-16-11(7-1-2-7)6-12(18)17-13/h3-7H,1-2H2,(H,16,17,18). The van der Waals surface area contributed by atoms with Crippen LogP contribution >= 0.6 is 15.9 Å². The van der Waals surface area contributed by atoms with Crippen LogP contribution in [0.5, 0.6) is 0 Å². The van der Waals surface area contributed by atoms with Crippen molar-refractivity contribution in [1.82, 2.24) is 9.97 Å². The number of nitrogens with zero attached hydrogens (tertiary/aromatic N) is 1. The zero-order valence-electron chi connectivity index (χ0n) is 9.41. The van der Waals surface area contributed by atoms with Crippen molar-refractivity contribution in [3.8, 4) is 11.4 Å². The lowest BCUT2D eigenvalue weighted by Crippen LogP contribution is -2.10. The van der Waals surface area contributed by atoms with Crippen LogP contribution in [0.4, 0.5) is 4.39 Å². The molecule has 92 valence electrons. The van der Waals surface area contributed by atoms with Crippen molar-refractivity contribution in [2.75, 3.05) is 0 Å². The number of halogens is 2. The molecule has 1 aromatic carbocycles. The van der Waals surface area contributed by atoms with Crippen LogP contribution in [-0.2, 0) is 0 Å². The summed E-state index contributed by atoms with van der Waals surface area (Å²) in [7, 11) is 0. The average molecular weight is 309 g/mol. The molecular weight excluding hydrogens is 299 g/mol. The smallest absolute Gasteiger partial charge is 0.251 e. The van der Waals surface area contributed by atoms with E-state index in [0.717, 1.165) is 18.5 Å². The molecule has 0 saturated heterocycles. The molecule has 0 atom stereocenters. The molecule has 0 aliphatic heterocycles. The highest BCUT2D eigenvalue weighted by Crippen LogP contribution is 2.38. The third-order valence-corrected chi connectivity index (χ3v) is 3.35. The van der Waals surface area contributed by atoms with Crippen LogP contribution in [0.25, 0.3) is 11.4 Å². The van der Waals surface area contributed by atoms with Gasteiger partial charge in [0.15, 0.2) is 0 Å².